The minimum Gasteiger partial charge on any atom is -0.352 e. The first kappa shape index (κ1) is 20.6. The molecule has 1 unspecified atom stereocenters. The Labute approximate surface area is 175 Å². The van der Waals surface area contributed by atoms with Crippen LogP contribution in [-0.4, -0.2) is 29.3 Å². The van der Waals surface area contributed by atoms with Gasteiger partial charge in [-0.3, -0.25) is 9.59 Å². The molecule has 1 saturated carbocycles. The van der Waals surface area contributed by atoms with Gasteiger partial charge in [0, 0.05) is 16.1 Å². The van der Waals surface area contributed by atoms with E-state index in [9.17, 15) is 9.59 Å². The Morgan fingerprint density at radius 2 is 1.68 bits per heavy atom. The summed E-state index contributed by atoms with van der Waals surface area (Å²) in [6.07, 6.45) is 5.62. The highest BCUT2D eigenvalue weighted by Gasteiger charge is 2.26. The van der Waals surface area contributed by atoms with Gasteiger partial charge in [-0.15, -0.1) is 0 Å². The van der Waals surface area contributed by atoms with Crippen LogP contribution in [0.5, 0.6) is 0 Å². The van der Waals surface area contributed by atoms with E-state index in [-0.39, 0.29) is 30.4 Å². The van der Waals surface area contributed by atoms with Crippen LogP contribution in [0.4, 0.5) is 0 Å². The van der Waals surface area contributed by atoms with E-state index in [1.807, 2.05) is 49.4 Å². The molecule has 2 aromatic rings. The third kappa shape index (κ3) is 5.44. The van der Waals surface area contributed by atoms with Gasteiger partial charge in [0.1, 0.15) is 6.54 Å². The number of carbonyl (C=O) groups is 2. The Balaban J connectivity index is 1.78. The summed E-state index contributed by atoms with van der Waals surface area (Å²) < 4.78 is 0.918. The summed E-state index contributed by atoms with van der Waals surface area (Å²) in [7, 11) is 0. The molecule has 0 aliphatic heterocycles. The van der Waals surface area contributed by atoms with Gasteiger partial charge in [0.25, 0.3) is 5.91 Å². The summed E-state index contributed by atoms with van der Waals surface area (Å²) in [6, 6.07) is 17.1. The van der Waals surface area contributed by atoms with E-state index < -0.39 is 0 Å². The summed E-state index contributed by atoms with van der Waals surface area (Å²) in [5.74, 6) is -0.220. The van der Waals surface area contributed by atoms with E-state index in [1.54, 1.807) is 17.0 Å². The second-order valence-corrected chi connectivity index (χ2v) is 8.34. The summed E-state index contributed by atoms with van der Waals surface area (Å²) in [6.45, 7) is 2.03. The maximum atomic E-state index is 13.2. The smallest absolute Gasteiger partial charge is 0.254 e. The number of hydrogen-bond donors (Lipinski definition) is 1. The fourth-order valence-electron chi connectivity index (χ4n) is 3.73. The Bertz CT molecular complexity index is 786. The van der Waals surface area contributed by atoms with E-state index in [4.69, 9.17) is 0 Å². The summed E-state index contributed by atoms with van der Waals surface area (Å²) in [4.78, 5) is 27.6. The van der Waals surface area contributed by atoms with Crippen molar-refractivity contribution in [2.45, 2.75) is 51.1 Å². The first-order valence-corrected chi connectivity index (χ1v) is 10.7. The van der Waals surface area contributed by atoms with E-state index >= 15 is 0 Å². The van der Waals surface area contributed by atoms with Gasteiger partial charge >= 0.3 is 0 Å². The van der Waals surface area contributed by atoms with E-state index in [0.29, 0.717) is 5.56 Å². The van der Waals surface area contributed by atoms with Gasteiger partial charge in [-0.2, -0.15) is 0 Å². The van der Waals surface area contributed by atoms with Crippen LogP contribution in [0.3, 0.4) is 0 Å². The molecule has 1 atom stereocenters. The van der Waals surface area contributed by atoms with Crippen LogP contribution in [0, 0.1) is 0 Å². The number of hydrogen-bond acceptors (Lipinski definition) is 2. The lowest BCUT2D eigenvalue weighted by atomic mass is 9.95. The molecule has 0 saturated heterocycles. The van der Waals surface area contributed by atoms with Gasteiger partial charge in [-0.25, -0.2) is 0 Å². The zero-order chi connectivity index (χ0) is 19.9. The molecule has 1 fully saturated rings. The standard InChI is InChI=1S/C23H27BrN2O2/c1-17(18-8-4-2-5-9-18)26(23(28)19-12-14-20(24)15-13-19)16-22(27)25-21-10-6-3-7-11-21/h2,4-5,8-9,12-15,17,21H,3,6-7,10-11,16H2,1H3,(H,25,27). The highest BCUT2D eigenvalue weighted by molar-refractivity contribution is 9.10. The molecule has 0 spiro atoms. The average Bonchev–Trinajstić information content (AvgIpc) is 2.73. The van der Waals surface area contributed by atoms with Gasteiger partial charge in [0.15, 0.2) is 0 Å². The van der Waals surface area contributed by atoms with Crippen molar-refractivity contribution < 1.29 is 9.59 Å². The fourth-order valence-corrected chi connectivity index (χ4v) is 3.99. The van der Waals surface area contributed by atoms with Crippen LogP contribution in [0.2, 0.25) is 0 Å². The molecule has 0 radical (unpaired) electrons. The molecule has 4 nitrogen and oxygen atoms in total. The predicted molar refractivity (Wildman–Crippen MR) is 115 cm³/mol. The van der Waals surface area contributed by atoms with Crippen molar-refractivity contribution in [3.8, 4) is 0 Å². The number of halogens is 1. The van der Waals surface area contributed by atoms with Crippen molar-refractivity contribution in [1.82, 2.24) is 10.2 Å². The molecule has 5 heteroatoms. The van der Waals surface area contributed by atoms with Crippen molar-refractivity contribution in [3.05, 3.63) is 70.2 Å². The first-order valence-electron chi connectivity index (χ1n) is 9.95. The van der Waals surface area contributed by atoms with Crippen molar-refractivity contribution in [2.75, 3.05) is 6.54 Å². The normalized spacial score (nSPS) is 15.6. The van der Waals surface area contributed by atoms with Crippen molar-refractivity contribution >= 4 is 27.7 Å². The van der Waals surface area contributed by atoms with Crippen LogP contribution in [-0.2, 0) is 4.79 Å². The minimum atomic E-state index is -0.200. The maximum Gasteiger partial charge on any atom is 0.254 e. The molecule has 3 rings (SSSR count). The number of amides is 2. The first-order chi connectivity index (χ1) is 13.5. The maximum absolute atomic E-state index is 13.2. The van der Waals surface area contributed by atoms with Crippen LogP contribution in [0.15, 0.2) is 59.1 Å². The lowest BCUT2D eigenvalue weighted by Crippen LogP contribution is -2.45. The molecule has 0 bridgehead atoms. The number of nitrogens with zero attached hydrogens (tertiary/aromatic N) is 1. The molecule has 1 N–H and O–H groups in total. The van der Waals surface area contributed by atoms with Gasteiger partial charge in [0.05, 0.1) is 6.04 Å². The molecule has 1 aliphatic rings. The lowest BCUT2D eigenvalue weighted by Gasteiger charge is -2.31. The van der Waals surface area contributed by atoms with Crippen LogP contribution >= 0.6 is 15.9 Å². The Morgan fingerprint density at radius 1 is 1.04 bits per heavy atom. The minimum absolute atomic E-state index is 0.0570. The molecular weight excluding hydrogens is 416 g/mol. The molecular formula is C23H27BrN2O2. The van der Waals surface area contributed by atoms with Crippen molar-refractivity contribution in [3.63, 3.8) is 0 Å². The SMILES string of the molecule is CC(c1ccccc1)N(CC(=O)NC1CCCCC1)C(=O)c1ccc(Br)cc1. The van der Waals surface area contributed by atoms with Crippen molar-refractivity contribution in [2.24, 2.45) is 0 Å². The largest absolute Gasteiger partial charge is 0.352 e. The molecule has 28 heavy (non-hydrogen) atoms. The zero-order valence-corrected chi connectivity index (χ0v) is 17.8. The second kappa shape index (κ2) is 9.87. The van der Waals surface area contributed by atoms with Gasteiger partial charge in [0.2, 0.25) is 5.91 Å². The van der Waals surface area contributed by atoms with Crippen LogP contribution < -0.4 is 5.32 Å². The van der Waals surface area contributed by atoms with Crippen LogP contribution in [0.25, 0.3) is 0 Å². The molecule has 2 aromatic carbocycles. The Morgan fingerprint density at radius 3 is 2.32 bits per heavy atom. The van der Waals surface area contributed by atoms with E-state index in [2.05, 4.69) is 21.2 Å². The average molecular weight is 443 g/mol. The quantitative estimate of drug-likeness (QED) is 0.675. The van der Waals surface area contributed by atoms with Crippen molar-refractivity contribution in [1.29, 1.82) is 0 Å². The van der Waals surface area contributed by atoms with Crippen LogP contribution in [0.1, 0.15) is 61.0 Å². The Hall–Kier alpha value is -2.14. The van der Waals surface area contributed by atoms with E-state index in [0.717, 1.165) is 35.7 Å². The highest BCUT2D eigenvalue weighted by Crippen LogP contribution is 2.23. The zero-order valence-electron chi connectivity index (χ0n) is 16.2. The number of nitrogens with one attached hydrogen (secondary N) is 1. The van der Waals surface area contributed by atoms with Gasteiger partial charge < -0.3 is 10.2 Å². The monoisotopic (exact) mass is 442 g/mol. The fraction of sp³-hybridized carbons (Fsp3) is 0.391. The number of carbonyl (C=O) groups excluding carboxylic acids is 2. The Kier molecular flexibility index (Phi) is 7.26. The molecule has 1 aliphatic carbocycles. The van der Waals surface area contributed by atoms with Gasteiger partial charge in [-0.1, -0.05) is 65.5 Å². The highest BCUT2D eigenvalue weighted by atomic mass is 79.9. The summed E-state index contributed by atoms with van der Waals surface area (Å²) in [5.41, 5.74) is 1.59. The molecule has 0 aromatic heterocycles. The lowest BCUT2D eigenvalue weighted by molar-refractivity contribution is -0.123. The topological polar surface area (TPSA) is 49.4 Å². The third-order valence-corrected chi connectivity index (χ3v) is 5.91. The summed E-state index contributed by atoms with van der Waals surface area (Å²) >= 11 is 3.40. The molecule has 0 heterocycles. The molecule has 148 valence electrons. The number of rotatable bonds is 6. The number of benzene rings is 2. The van der Waals surface area contributed by atoms with E-state index in [1.165, 1.54) is 6.42 Å². The second-order valence-electron chi connectivity index (χ2n) is 7.43. The third-order valence-electron chi connectivity index (χ3n) is 5.39. The summed E-state index contributed by atoms with van der Waals surface area (Å²) in [5, 5.41) is 3.13. The predicted octanol–water partition coefficient (Wildman–Crippen LogP) is 5.10. The molecule has 2 amide bonds. The van der Waals surface area contributed by atoms with Gasteiger partial charge in [-0.05, 0) is 49.6 Å².